The monoisotopic (exact) mass is 1080 g/mol. The van der Waals surface area contributed by atoms with Crippen molar-refractivity contribution in [2.75, 3.05) is 86.5 Å². The number of benzene rings is 2. The standard InChI is InChI=1S/C52H95N3O14P2Si/c1-49(2,3)66-70(57,67-50(4,5)6)39-54(36-43-24-18-20-27-46(43)64-41-61-32-30-59-13)38-45(26-22-23-29-53-48(56)63-34-35-72(15,16)17)55(40-71(58,68-51(7,8)9)69-52(10,11)12)37-44-25-19-21-28-47(44)65-42-62-33-31-60-14/h18-21,24-25,27-28,45H,22-23,26,29-42H2,1-17H3,(H,53,56)/t45-/m0/s1. The van der Waals surface area contributed by atoms with Gasteiger partial charge < -0.3 is 56.6 Å². The van der Waals surface area contributed by atoms with E-state index in [1.54, 1.807) is 14.2 Å². The predicted molar refractivity (Wildman–Crippen MR) is 289 cm³/mol. The minimum atomic E-state index is -3.96. The molecule has 0 aliphatic heterocycles. The Balaban J connectivity index is 2.88. The smallest absolute Gasteiger partial charge is 0.407 e. The number of hydrogen-bond donors (Lipinski definition) is 1. The number of hydrogen-bond acceptors (Lipinski definition) is 16. The molecule has 0 aliphatic carbocycles. The first-order chi connectivity index (χ1) is 33.3. The van der Waals surface area contributed by atoms with Crippen molar-refractivity contribution in [2.45, 2.75) is 170 Å². The van der Waals surface area contributed by atoms with E-state index in [4.69, 9.17) is 51.3 Å². The van der Waals surface area contributed by atoms with Crippen LogP contribution in [-0.2, 0) is 64.0 Å². The lowest BCUT2D eigenvalue weighted by Gasteiger charge is -2.41. The molecule has 0 aromatic heterocycles. The van der Waals surface area contributed by atoms with Crippen LogP contribution < -0.4 is 14.8 Å². The quantitative estimate of drug-likeness (QED) is 0.0299. The summed E-state index contributed by atoms with van der Waals surface area (Å²) in [5.74, 6) is 1.16. The average Bonchev–Trinajstić information content (AvgIpc) is 3.20. The van der Waals surface area contributed by atoms with Gasteiger partial charge in [0, 0.05) is 65.6 Å². The van der Waals surface area contributed by atoms with Crippen molar-refractivity contribution in [1.82, 2.24) is 15.1 Å². The zero-order chi connectivity index (χ0) is 54.3. The summed E-state index contributed by atoms with van der Waals surface area (Å²) < 4.78 is 96.4. The molecule has 2 rings (SSSR count). The molecule has 0 spiro atoms. The van der Waals surface area contributed by atoms with Gasteiger partial charge in [-0.2, -0.15) is 0 Å². The summed E-state index contributed by atoms with van der Waals surface area (Å²) in [6, 6.07) is 15.8. The molecule has 1 atom stereocenters. The summed E-state index contributed by atoms with van der Waals surface area (Å²) in [6.45, 7) is 32.0. The number of nitrogens with one attached hydrogen (secondary N) is 1. The van der Waals surface area contributed by atoms with Crippen LogP contribution in [0.25, 0.3) is 0 Å². The van der Waals surface area contributed by atoms with Gasteiger partial charge in [0.25, 0.3) is 0 Å². The molecule has 1 N–H and O–H groups in total. The molecule has 17 nitrogen and oxygen atoms in total. The third kappa shape index (κ3) is 30.8. The van der Waals surface area contributed by atoms with E-state index in [-0.39, 0.29) is 45.8 Å². The molecule has 0 bridgehead atoms. The lowest BCUT2D eigenvalue weighted by molar-refractivity contribution is -0.00962. The predicted octanol–water partition coefficient (Wildman–Crippen LogP) is 12.2. The van der Waals surface area contributed by atoms with E-state index in [9.17, 15) is 4.79 Å². The van der Waals surface area contributed by atoms with Crippen LogP contribution in [0.3, 0.4) is 0 Å². The lowest BCUT2D eigenvalue weighted by atomic mass is 10.1. The number of ether oxygens (including phenoxy) is 7. The van der Waals surface area contributed by atoms with Crippen molar-refractivity contribution < 1.29 is 65.2 Å². The SMILES string of the molecule is COCCOCOc1ccccc1CN(C[C@H](CCCCNC(=O)OCC[Si](C)(C)C)N(Cc1ccccc1OCOCCOC)CP(=O)(OC(C)(C)C)OC(C)(C)C)CP(=O)(OC(C)(C)C)OC(C)(C)C. The Bertz CT molecular complexity index is 1910. The topological polar surface area (TPSA) is 171 Å². The van der Waals surface area contributed by atoms with E-state index in [0.717, 1.165) is 17.2 Å². The summed E-state index contributed by atoms with van der Waals surface area (Å²) in [7, 11) is -6.06. The molecular weight excluding hydrogens is 981 g/mol. The Morgan fingerprint density at radius 3 is 1.50 bits per heavy atom. The Hall–Kier alpha value is -2.41. The third-order valence-corrected chi connectivity index (χ3v) is 16.3. The molecule has 2 aromatic carbocycles. The zero-order valence-electron chi connectivity index (χ0n) is 47.2. The van der Waals surface area contributed by atoms with E-state index in [2.05, 4.69) is 34.8 Å². The first-order valence-corrected chi connectivity index (χ1v) is 32.4. The fourth-order valence-corrected chi connectivity index (χ4v) is 13.1. The molecule has 0 unspecified atom stereocenters. The Morgan fingerprint density at radius 1 is 0.611 bits per heavy atom. The summed E-state index contributed by atoms with van der Waals surface area (Å²) in [6.07, 6.45) is 1.11. The largest absolute Gasteiger partial charge is 0.467 e. The van der Waals surface area contributed by atoms with Gasteiger partial charge in [-0.05, 0) is 114 Å². The minimum Gasteiger partial charge on any atom is -0.467 e. The number of unbranched alkanes of at least 4 members (excludes halogenated alkanes) is 1. The number of methoxy groups -OCH3 is 2. The van der Waals surface area contributed by atoms with Crippen molar-refractivity contribution in [1.29, 1.82) is 0 Å². The first-order valence-electron chi connectivity index (χ1n) is 25.3. The molecule has 0 saturated carbocycles. The molecule has 0 saturated heterocycles. The molecule has 416 valence electrons. The van der Waals surface area contributed by atoms with Crippen LogP contribution in [0.2, 0.25) is 25.7 Å². The maximum atomic E-state index is 15.5. The van der Waals surface area contributed by atoms with Gasteiger partial charge in [-0.3, -0.25) is 18.9 Å². The summed E-state index contributed by atoms with van der Waals surface area (Å²) in [5, 5.41) is 2.93. The molecule has 0 aliphatic rings. The second-order valence-electron chi connectivity index (χ2n) is 23.1. The fraction of sp³-hybridized carbons (Fsp3) is 0.750. The third-order valence-electron chi connectivity index (χ3n) is 9.86. The Kier molecular flexibility index (Phi) is 28.3. The molecule has 0 fully saturated rings. The maximum Gasteiger partial charge on any atom is 0.407 e. The van der Waals surface area contributed by atoms with Gasteiger partial charge >= 0.3 is 21.3 Å². The van der Waals surface area contributed by atoms with Gasteiger partial charge in [0.2, 0.25) is 0 Å². The minimum absolute atomic E-state index is 0.00875. The summed E-state index contributed by atoms with van der Waals surface area (Å²) in [5.41, 5.74) is -1.75. The van der Waals surface area contributed by atoms with Crippen LogP contribution in [0.15, 0.2) is 48.5 Å². The number of alkyl carbamates (subject to hydrolysis) is 1. The molecule has 20 heteroatoms. The molecule has 72 heavy (non-hydrogen) atoms. The number of nitrogens with zero attached hydrogens (tertiary/aromatic N) is 2. The average molecular weight is 1080 g/mol. The second-order valence-corrected chi connectivity index (χ2v) is 32.5. The summed E-state index contributed by atoms with van der Waals surface area (Å²) in [4.78, 5) is 17.0. The van der Waals surface area contributed by atoms with Crippen molar-refractivity contribution in [3.63, 3.8) is 0 Å². The maximum absolute atomic E-state index is 15.5. The zero-order valence-corrected chi connectivity index (χ0v) is 50.0. The molecule has 2 aromatic rings. The van der Waals surface area contributed by atoms with Gasteiger partial charge in [0.15, 0.2) is 13.6 Å². The van der Waals surface area contributed by atoms with E-state index >= 15 is 9.13 Å². The van der Waals surface area contributed by atoms with Gasteiger partial charge in [-0.15, -0.1) is 0 Å². The highest BCUT2D eigenvalue weighted by atomic mass is 31.2. The Morgan fingerprint density at radius 2 is 1.06 bits per heavy atom. The van der Waals surface area contributed by atoms with E-state index in [0.29, 0.717) is 70.3 Å². The molecular formula is C52H95N3O14P2Si. The second kappa shape index (κ2) is 31.0. The normalized spacial score (nSPS) is 13.7. The van der Waals surface area contributed by atoms with Crippen molar-refractivity contribution in [3.05, 3.63) is 59.7 Å². The lowest BCUT2D eigenvalue weighted by Crippen LogP contribution is -2.45. The first kappa shape index (κ1) is 65.7. The van der Waals surface area contributed by atoms with E-state index in [1.165, 1.54) is 0 Å². The van der Waals surface area contributed by atoms with Crippen molar-refractivity contribution in [2.24, 2.45) is 0 Å². The van der Waals surface area contributed by atoms with Crippen LogP contribution >= 0.6 is 15.2 Å². The highest BCUT2D eigenvalue weighted by Gasteiger charge is 2.41. The van der Waals surface area contributed by atoms with Gasteiger partial charge in [0.1, 0.15) is 24.1 Å². The number of amides is 1. The number of carbonyl (C=O) groups excluding carboxylic acids is 1. The number of para-hydroxylation sites is 2. The van der Waals surface area contributed by atoms with Gasteiger partial charge in [-0.25, -0.2) is 4.79 Å². The van der Waals surface area contributed by atoms with Gasteiger partial charge in [0.05, 0.1) is 55.4 Å². The molecule has 0 heterocycles. The number of rotatable bonds is 35. The highest BCUT2D eigenvalue weighted by molar-refractivity contribution is 7.54. The van der Waals surface area contributed by atoms with Crippen LogP contribution in [-0.4, -0.2) is 139 Å². The number of carbonyl (C=O) groups is 1. The van der Waals surface area contributed by atoms with Gasteiger partial charge in [-0.1, -0.05) is 62.5 Å². The molecule has 0 radical (unpaired) electrons. The fourth-order valence-electron chi connectivity index (χ4n) is 7.26. The van der Waals surface area contributed by atoms with E-state index < -0.39 is 57.8 Å². The Labute approximate surface area is 435 Å². The van der Waals surface area contributed by atoms with E-state index in [1.807, 2.05) is 132 Å². The van der Waals surface area contributed by atoms with Crippen LogP contribution in [0.4, 0.5) is 4.79 Å². The summed E-state index contributed by atoms with van der Waals surface area (Å²) >= 11 is 0. The van der Waals surface area contributed by atoms with Crippen molar-refractivity contribution in [3.8, 4) is 11.5 Å². The van der Waals surface area contributed by atoms with Crippen molar-refractivity contribution >= 4 is 29.4 Å². The van der Waals surface area contributed by atoms with Crippen LogP contribution in [0.1, 0.15) is 113 Å². The van der Waals surface area contributed by atoms with Crippen LogP contribution in [0, 0.1) is 0 Å². The van der Waals surface area contributed by atoms with Crippen LogP contribution in [0.5, 0.6) is 11.5 Å². The highest BCUT2D eigenvalue weighted by Crippen LogP contribution is 2.57. The molecule has 1 amide bonds.